The van der Waals surface area contributed by atoms with E-state index in [0.717, 1.165) is 44.9 Å². The fourth-order valence-corrected chi connectivity index (χ4v) is 6.88. The maximum atomic E-state index is 12.6. The van der Waals surface area contributed by atoms with Gasteiger partial charge < -0.3 is 24.6 Å². The number of allylic oxidation sites excluding steroid dienone is 4. The van der Waals surface area contributed by atoms with Crippen LogP contribution in [0.1, 0.15) is 206 Å². The molecule has 0 spiro atoms. The van der Waals surface area contributed by atoms with Gasteiger partial charge >= 0.3 is 19.8 Å². The number of carbonyl (C=O) groups excluding carboxylic acids is 2. The maximum absolute atomic E-state index is 12.6. The van der Waals surface area contributed by atoms with Gasteiger partial charge in [-0.15, -0.1) is 0 Å². The number of unbranched alkanes of at least 4 members (excludes halogenated alkanes) is 24. The summed E-state index contributed by atoms with van der Waals surface area (Å²) in [6.45, 7) is 2.36. The van der Waals surface area contributed by atoms with Crippen LogP contribution in [0.5, 0.6) is 0 Å². The molecular weight excluding hydrogens is 719 g/mol. The van der Waals surface area contributed by atoms with Gasteiger partial charge in [-0.25, -0.2) is 4.57 Å². The van der Waals surface area contributed by atoms with Gasteiger partial charge in [0.2, 0.25) is 0 Å². The lowest BCUT2D eigenvalue weighted by Gasteiger charge is -2.20. The van der Waals surface area contributed by atoms with E-state index < -0.39 is 51.8 Å². The van der Waals surface area contributed by atoms with E-state index in [2.05, 4.69) is 38.2 Å². The second-order valence-corrected chi connectivity index (χ2v) is 16.5. The molecule has 0 aromatic carbocycles. The largest absolute Gasteiger partial charge is 0.472 e. The Hall–Kier alpha value is -1.55. The molecule has 0 aliphatic carbocycles. The van der Waals surface area contributed by atoms with Gasteiger partial charge in [0.1, 0.15) is 12.7 Å². The van der Waals surface area contributed by atoms with Crippen LogP contribution in [-0.4, -0.2) is 65.7 Å². The summed E-state index contributed by atoms with van der Waals surface area (Å²) in [4.78, 5) is 35.0. The maximum Gasteiger partial charge on any atom is 0.472 e. The molecule has 0 aromatic heterocycles. The molecule has 0 heterocycles. The first-order valence-corrected chi connectivity index (χ1v) is 23.8. The molecule has 0 aromatic rings. The molecule has 0 aliphatic rings. The number of esters is 2. The number of aliphatic hydroxyl groups excluding tert-OH is 2. The molecule has 0 saturated heterocycles. The van der Waals surface area contributed by atoms with Crippen molar-refractivity contribution >= 4 is 19.8 Å². The van der Waals surface area contributed by atoms with E-state index in [0.29, 0.717) is 12.8 Å². The first kappa shape index (κ1) is 53.5. The normalized spacial score (nSPS) is 14.1. The summed E-state index contributed by atoms with van der Waals surface area (Å²) in [5.41, 5.74) is 0. The Balaban J connectivity index is 4.26. The Morgan fingerprint density at radius 3 is 1.36 bits per heavy atom. The Kier molecular flexibility index (Phi) is 39.5. The van der Waals surface area contributed by atoms with Crippen LogP contribution >= 0.6 is 7.82 Å². The molecular formula is C44H83O10P. The van der Waals surface area contributed by atoms with Gasteiger partial charge in [-0.3, -0.25) is 18.6 Å². The third-order valence-electron chi connectivity index (χ3n) is 9.58. The third-order valence-corrected chi connectivity index (χ3v) is 10.5. The van der Waals surface area contributed by atoms with Crippen LogP contribution in [0.15, 0.2) is 24.3 Å². The van der Waals surface area contributed by atoms with Crippen molar-refractivity contribution in [1.29, 1.82) is 0 Å². The first-order valence-electron chi connectivity index (χ1n) is 22.3. The molecule has 0 bridgehead atoms. The Labute approximate surface area is 336 Å². The van der Waals surface area contributed by atoms with Gasteiger partial charge in [0.05, 0.1) is 19.8 Å². The minimum absolute atomic E-state index is 0.183. The van der Waals surface area contributed by atoms with Crippen molar-refractivity contribution in [3.8, 4) is 0 Å². The second kappa shape index (κ2) is 40.6. The summed E-state index contributed by atoms with van der Waals surface area (Å²) in [6, 6.07) is 0. The van der Waals surface area contributed by atoms with Gasteiger partial charge in [0.25, 0.3) is 0 Å². The zero-order chi connectivity index (χ0) is 40.5. The standard InChI is InChI=1S/C44H83O10P/c1-3-5-7-9-11-13-15-17-19-20-22-23-25-27-29-31-33-35-43(47)51-39-42(40-53-55(49,50)52-38-41(46)37-45)54-44(48)36-34-32-30-28-26-24-21-18-16-14-12-10-8-6-4-2/h10,12,17,19,41-42,45-46H,3-9,11,13-16,18,20-40H2,1-2H3,(H,49,50)/b12-10+,19-17+/t41-,42+/m0/s1. The van der Waals surface area contributed by atoms with Gasteiger partial charge in [0.15, 0.2) is 6.10 Å². The Morgan fingerprint density at radius 1 is 0.527 bits per heavy atom. The minimum atomic E-state index is -4.62. The van der Waals surface area contributed by atoms with Crippen LogP contribution in [0.25, 0.3) is 0 Å². The monoisotopic (exact) mass is 803 g/mol. The lowest BCUT2D eigenvalue weighted by molar-refractivity contribution is -0.161. The SMILES string of the molecule is CCCC/C=C/CCCCCCCCCCCC(=O)O[C@H](COC(=O)CCCCCCCCC/C=C/CCCCCCCC)COP(=O)(O)OC[C@@H](O)CO. The highest BCUT2D eigenvalue weighted by molar-refractivity contribution is 7.47. The summed E-state index contributed by atoms with van der Waals surface area (Å²) in [5, 5.41) is 18.3. The van der Waals surface area contributed by atoms with Crippen molar-refractivity contribution in [2.24, 2.45) is 0 Å². The highest BCUT2D eigenvalue weighted by Gasteiger charge is 2.27. The quantitative estimate of drug-likeness (QED) is 0.0236. The molecule has 0 fully saturated rings. The van der Waals surface area contributed by atoms with E-state index in [4.69, 9.17) is 23.6 Å². The van der Waals surface area contributed by atoms with Crippen LogP contribution < -0.4 is 0 Å². The predicted molar refractivity (Wildman–Crippen MR) is 224 cm³/mol. The van der Waals surface area contributed by atoms with Gasteiger partial charge in [-0.2, -0.15) is 0 Å². The number of hydrogen-bond donors (Lipinski definition) is 3. The first-order chi connectivity index (χ1) is 26.7. The van der Waals surface area contributed by atoms with E-state index in [-0.39, 0.29) is 19.4 Å². The highest BCUT2D eigenvalue weighted by atomic mass is 31.2. The van der Waals surface area contributed by atoms with E-state index in [1.165, 1.54) is 122 Å². The molecule has 0 saturated carbocycles. The Morgan fingerprint density at radius 2 is 0.909 bits per heavy atom. The molecule has 0 amide bonds. The summed E-state index contributed by atoms with van der Waals surface area (Å²) >= 11 is 0. The molecule has 3 N–H and O–H groups in total. The number of rotatable bonds is 42. The number of phosphoric acid groups is 1. The van der Waals surface area contributed by atoms with E-state index >= 15 is 0 Å². The lowest BCUT2D eigenvalue weighted by atomic mass is 10.1. The molecule has 55 heavy (non-hydrogen) atoms. The molecule has 1 unspecified atom stereocenters. The van der Waals surface area contributed by atoms with E-state index in [1.807, 2.05) is 0 Å². The summed E-state index contributed by atoms with van der Waals surface area (Å²) < 4.78 is 32.7. The zero-order valence-electron chi connectivity index (χ0n) is 35.2. The van der Waals surface area contributed by atoms with Crippen molar-refractivity contribution < 1.29 is 47.8 Å². The predicted octanol–water partition coefficient (Wildman–Crippen LogP) is 11.8. The van der Waals surface area contributed by atoms with Gasteiger partial charge in [-0.05, 0) is 57.8 Å². The van der Waals surface area contributed by atoms with Crippen molar-refractivity contribution in [2.75, 3.05) is 26.4 Å². The summed E-state index contributed by atoms with van der Waals surface area (Å²) in [6.07, 6.45) is 39.9. The third kappa shape index (κ3) is 40.4. The molecule has 11 heteroatoms. The summed E-state index contributed by atoms with van der Waals surface area (Å²) in [7, 11) is -4.62. The zero-order valence-corrected chi connectivity index (χ0v) is 36.0. The molecule has 324 valence electrons. The van der Waals surface area contributed by atoms with Crippen molar-refractivity contribution in [3.05, 3.63) is 24.3 Å². The smallest absolute Gasteiger partial charge is 0.462 e. The number of carbonyl (C=O) groups is 2. The van der Waals surface area contributed by atoms with Crippen LogP contribution in [0.3, 0.4) is 0 Å². The fourth-order valence-electron chi connectivity index (χ4n) is 6.09. The van der Waals surface area contributed by atoms with Crippen LogP contribution in [-0.2, 0) is 32.7 Å². The topological polar surface area (TPSA) is 149 Å². The van der Waals surface area contributed by atoms with Crippen LogP contribution in [0.4, 0.5) is 0 Å². The molecule has 0 aliphatic heterocycles. The lowest BCUT2D eigenvalue weighted by Crippen LogP contribution is -2.29. The number of aliphatic hydroxyl groups is 2. The van der Waals surface area contributed by atoms with Crippen molar-refractivity contribution in [3.63, 3.8) is 0 Å². The van der Waals surface area contributed by atoms with Crippen LogP contribution in [0, 0.1) is 0 Å². The average Bonchev–Trinajstić information content (AvgIpc) is 3.17. The average molecular weight is 803 g/mol. The number of hydrogen-bond acceptors (Lipinski definition) is 9. The molecule has 3 atom stereocenters. The highest BCUT2D eigenvalue weighted by Crippen LogP contribution is 2.43. The van der Waals surface area contributed by atoms with Gasteiger partial charge in [-0.1, -0.05) is 160 Å². The number of phosphoric ester groups is 1. The van der Waals surface area contributed by atoms with Crippen molar-refractivity contribution in [1.82, 2.24) is 0 Å². The number of ether oxygens (including phenoxy) is 2. The summed E-state index contributed by atoms with van der Waals surface area (Å²) in [5.74, 6) is -0.926. The molecule has 10 nitrogen and oxygen atoms in total. The molecule has 0 radical (unpaired) electrons. The minimum Gasteiger partial charge on any atom is -0.462 e. The van der Waals surface area contributed by atoms with Crippen LogP contribution in [0.2, 0.25) is 0 Å². The van der Waals surface area contributed by atoms with E-state index in [1.54, 1.807) is 0 Å². The van der Waals surface area contributed by atoms with Gasteiger partial charge in [0, 0.05) is 12.8 Å². The van der Waals surface area contributed by atoms with E-state index in [9.17, 15) is 24.2 Å². The second-order valence-electron chi connectivity index (χ2n) is 15.1. The fraction of sp³-hybridized carbons (Fsp3) is 0.864. The Bertz CT molecular complexity index is 972. The van der Waals surface area contributed by atoms with Crippen molar-refractivity contribution in [2.45, 2.75) is 219 Å². The molecule has 0 rings (SSSR count).